The Bertz CT molecular complexity index is 1030. The first kappa shape index (κ1) is 16.2. The van der Waals surface area contributed by atoms with Crippen LogP contribution in [0.3, 0.4) is 0 Å². The molecule has 3 rings (SSSR count). The highest BCUT2D eigenvalue weighted by molar-refractivity contribution is 5.84. The van der Waals surface area contributed by atoms with E-state index < -0.39 is 17.7 Å². The van der Waals surface area contributed by atoms with Crippen molar-refractivity contribution in [3.05, 3.63) is 52.2 Å². The SMILES string of the molecule is CCC(NC(=O)O)c1nc2cccc(C#N)c2c(=O)n1-c1ccn[nH]1. The van der Waals surface area contributed by atoms with Gasteiger partial charge in [0.15, 0.2) is 0 Å². The normalized spacial score (nSPS) is 11.8. The molecule has 1 amide bonds. The van der Waals surface area contributed by atoms with Crippen molar-refractivity contribution in [3.63, 3.8) is 0 Å². The third-order valence-corrected chi connectivity index (χ3v) is 3.79. The first-order chi connectivity index (χ1) is 12.1. The summed E-state index contributed by atoms with van der Waals surface area (Å²) in [6.07, 6.45) is 0.636. The summed E-state index contributed by atoms with van der Waals surface area (Å²) in [7, 11) is 0. The molecule has 1 unspecified atom stereocenters. The van der Waals surface area contributed by atoms with Crippen LogP contribution in [0.1, 0.15) is 30.8 Å². The smallest absolute Gasteiger partial charge is 0.405 e. The van der Waals surface area contributed by atoms with Crippen molar-refractivity contribution in [2.24, 2.45) is 0 Å². The Morgan fingerprint density at radius 3 is 2.88 bits per heavy atom. The molecule has 2 aromatic heterocycles. The number of hydrogen-bond donors (Lipinski definition) is 3. The second-order valence-electron chi connectivity index (χ2n) is 5.27. The Morgan fingerprint density at radius 1 is 1.48 bits per heavy atom. The van der Waals surface area contributed by atoms with Crippen LogP contribution in [0.4, 0.5) is 4.79 Å². The largest absolute Gasteiger partial charge is 0.465 e. The van der Waals surface area contributed by atoms with Crippen LogP contribution in [-0.4, -0.2) is 30.9 Å². The number of hydrogen-bond acceptors (Lipinski definition) is 5. The van der Waals surface area contributed by atoms with E-state index in [2.05, 4.69) is 20.5 Å². The fourth-order valence-electron chi connectivity index (χ4n) is 2.68. The molecule has 0 saturated heterocycles. The maximum atomic E-state index is 13.1. The van der Waals surface area contributed by atoms with Crippen LogP contribution in [0.5, 0.6) is 0 Å². The van der Waals surface area contributed by atoms with Crippen LogP contribution < -0.4 is 10.9 Å². The van der Waals surface area contributed by atoms with Gasteiger partial charge in [-0.15, -0.1) is 0 Å². The van der Waals surface area contributed by atoms with Gasteiger partial charge in [0.05, 0.1) is 28.7 Å². The summed E-state index contributed by atoms with van der Waals surface area (Å²) in [5.41, 5.74) is 0.0709. The average molecular weight is 338 g/mol. The van der Waals surface area contributed by atoms with Gasteiger partial charge < -0.3 is 10.4 Å². The second-order valence-corrected chi connectivity index (χ2v) is 5.27. The van der Waals surface area contributed by atoms with E-state index >= 15 is 0 Å². The molecule has 25 heavy (non-hydrogen) atoms. The van der Waals surface area contributed by atoms with Gasteiger partial charge in [-0.25, -0.2) is 14.3 Å². The van der Waals surface area contributed by atoms with E-state index in [9.17, 15) is 14.9 Å². The Kier molecular flexibility index (Phi) is 4.18. The van der Waals surface area contributed by atoms with Crippen molar-refractivity contribution in [2.75, 3.05) is 0 Å². The van der Waals surface area contributed by atoms with Gasteiger partial charge in [-0.3, -0.25) is 9.89 Å². The number of fused-ring (bicyclic) bond motifs is 1. The molecule has 9 heteroatoms. The second kappa shape index (κ2) is 6.45. The molecule has 0 fully saturated rings. The van der Waals surface area contributed by atoms with E-state index in [-0.39, 0.29) is 16.8 Å². The molecule has 9 nitrogen and oxygen atoms in total. The topological polar surface area (TPSA) is 137 Å². The summed E-state index contributed by atoms with van der Waals surface area (Å²) >= 11 is 0. The van der Waals surface area contributed by atoms with Crippen LogP contribution in [-0.2, 0) is 0 Å². The number of H-pyrrole nitrogens is 1. The number of nitrogens with one attached hydrogen (secondary N) is 2. The quantitative estimate of drug-likeness (QED) is 0.662. The minimum Gasteiger partial charge on any atom is -0.465 e. The number of rotatable bonds is 4. The molecule has 3 aromatic rings. The molecule has 0 aliphatic heterocycles. The van der Waals surface area contributed by atoms with Gasteiger partial charge in [0.2, 0.25) is 0 Å². The van der Waals surface area contributed by atoms with E-state index in [0.717, 1.165) is 0 Å². The Morgan fingerprint density at radius 2 is 2.28 bits per heavy atom. The highest BCUT2D eigenvalue weighted by atomic mass is 16.4. The first-order valence-electron chi connectivity index (χ1n) is 7.51. The van der Waals surface area contributed by atoms with Crippen LogP contribution in [0.15, 0.2) is 35.3 Å². The van der Waals surface area contributed by atoms with E-state index in [1.165, 1.54) is 16.8 Å². The van der Waals surface area contributed by atoms with Crippen molar-refractivity contribution < 1.29 is 9.90 Å². The Balaban J connectivity index is 2.40. The fraction of sp³-hybridized carbons (Fsp3) is 0.188. The van der Waals surface area contributed by atoms with Crippen molar-refractivity contribution >= 4 is 17.0 Å². The van der Waals surface area contributed by atoms with Gasteiger partial charge in [0, 0.05) is 6.07 Å². The van der Waals surface area contributed by atoms with Gasteiger partial charge in [-0.05, 0) is 18.6 Å². The number of benzene rings is 1. The highest BCUT2D eigenvalue weighted by Gasteiger charge is 2.23. The predicted molar refractivity (Wildman–Crippen MR) is 88.4 cm³/mol. The van der Waals surface area contributed by atoms with Gasteiger partial charge in [-0.2, -0.15) is 10.4 Å². The third-order valence-electron chi connectivity index (χ3n) is 3.79. The Labute approximate surface area is 141 Å². The molecule has 0 spiro atoms. The zero-order chi connectivity index (χ0) is 18.0. The van der Waals surface area contributed by atoms with Crippen LogP contribution in [0.25, 0.3) is 16.7 Å². The van der Waals surface area contributed by atoms with Crippen LogP contribution in [0.2, 0.25) is 0 Å². The average Bonchev–Trinajstić information content (AvgIpc) is 3.12. The van der Waals surface area contributed by atoms with E-state index in [1.807, 2.05) is 6.07 Å². The van der Waals surface area contributed by atoms with E-state index in [1.54, 1.807) is 25.1 Å². The lowest BCUT2D eigenvalue weighted by atomic mass is 10.1. The predicted octanol–water partition coefficient (Wildman–Crippen LogP) is 1.70. The molecule has 0 radical (unpaired) electrons. The number of nitriles is 1. The van der Waals surface area contributed by atoms with Gasteiger partial charge in [0.1, 0.15) is 17.7 Å². The maximum Gasteiger partial charge on any atom is 0.405 e. The first-order valence-corrected chi connectivity index (χ1v) is 7.51. The summed E-state index contributed by atoms with van der Waals surface area (Å²) in [6.45, 7) is 1.78. The number of aromatic nitrogens is 4. The van der Waals surface area contributed by atoms with Gasteiger partial charge in [0.25, 0.3) is 5.56 Å². The molecule has 1 atom stereocenters. The molecule has 2 heterocycles. The summed E-state index contributed by atoms with van der Waals surface area (Å²) in [4.78, 5) is 28.6. The molecule has 3 N–H and O–H groups in total. The number of aromatic amines is 1. The van der Waals surface area contributed by atoms with Crippen LogP contribution >= 0.6 is 0 Å². The van der Waals surface area contributed by atoms with Crippen LogP contribution in [0, 0.1) is 11.3 Å². The Hall–Kier alpha value is -3.67. The van der Waals surface area contributed by atoms with Crippen molar-refractivity contribution in [3.8, 4) is 11.9 Å². The lowest BCUT2D eigenvalue weighted by Gasteiger charge is -2.19. The van der Waals surface area contributed by atoms with E-state index in [0.29, 0.717) is 17.8 Å². The standard InChI is InChI=1S/C16H14N6O3/c1-2-10(20-16(24)25)14-19-11-5-3-4-9(8-17)13(11)15(23)22(14)12-6-7-18-21-12/h3-7,10,20H,2H2,1H3,(H,18,21)(H,24,25). The monoisotopic (exact) mass is 338 g/mol. The third kappa shape index (κ3) is 2.81. The van der Waals surface area contributed by atoms with Crippen molar-refractivity contribution in [1.29, 1.82) is 5.26 Å². The highest BCUT2D eigenvalue weighted by Crippen LogP contribution is 2.21. The molecule has 0 saturated carbocycles. The van der Waals surface area contributed by atoms with Crippen molar-refractivity contribution in [2.45, 2.75) is 19.4 Å². The summed E-state index contributed by atoms with van der Waals surface area (Å²) in [5.74, 6) is 0.564. The fourth-order valence-corrected chi connectivity index (χ4v) is 2.68. The number of carboxylic acid groups (broad SMARTS) is 1. The number of amides is 1. The lowest BCUT2D eigenvalue weighted by molar-refractivity contribution is 0.188. The summed E-state index contributed by atoms with van der Waals surface area (Å²) < 4.78 is 1.25. The zero-order valence-corrected chi connectivity index (χ0v) is 13.2. The maximum absolute atomic E-state index is 13.1. The molecular weight excluding hydrogens is 324 g/mol. The molecule has 0 aliphatic carbocycles. The summed E-state index contributed by atoms with van der Waals surface area (Å²) in [5, 5.41) is 27.4. The molecule has 126 valence electrons. The minimum absolute atomic E-state index is 0.175. The molecule has 1 aromatic carbocycles. The van der Waals surface area contributed by atoms with Gasteiger partial charge in [-0.1, -0.05) is 13.0 Å². The van der Waals surface area contributed by atoms with Crippen molar-refractivity contribution in [1.82, 2.24) is 25.1 Å². The minimum atomic E-state index is -1.22. The molecule has 0 bridgehead atoms. The van der Waals surface area contributed by atoms with Gasteiger partial charge >= 0.3 is 6.09 Å². The molecule has 0 aliphatic rings. The summed E-state index contributed by atoms with van der Waals surface area (Å²) in [6, 6.07) is 7.64. The number of carbonyl (C=O) groups is 1. The van der Waals surface area contributed by atoms with E-state index in [4.69, 9.17) is 5.11 Å². The lowest BCUT2D eigenvalue weighted by Crippen LogP contribution is -2.34. The number of nitrogens with zero attached hydrogens (tertiary/aromatic N) is 4. The molecular formula is C16H14N6O3. The zero-order valence-electron chi connectivity index (χ0n) is 13.2.